The smallest absolute Gasteiger partial charge is 0.382 e. The zero-order chi connectivity index (χ0) is 26.2. The van der Waals surface area contributed by atoms with Crippen LogP contribution in [0.4, 0.5) is 5.82 Å². The van der Waals surface area contributed by atoms with Crippen molar-refractivity contribution >= 4 is 52.1 Å². The van der Waals surface area contributed by atoms with Crippen LogP contribution in [0.2, 0.25) is 0 Å². The van der Waals surface area contributed by atoms with E-state index in [9.17, 15) is 33.7 Å². The number of nitrogens with zero attached hydrogens (tertiary/aromatic N) is 4. The molecule has 7 atom stereocenters. The highest BCUT2D eigenvalue weighted by Gasteiger charge is 2.92. The van der Waals surface area contributed by atoms with Crippen LogP contribution in [0.15, 0.2) is 12.7 Å². The number of terminal acetylenes is 1. The van der Waals surface area contributed by atoms with Crippen molar-refractivity contribution < 1.29 is 61.4 Å². The van der Waals surface area contributed by atoms with Crippen LogP contribution in [0.3, 0.4) is 0 Å². The second-order valence-corrected chi connectivity index (χ2v) is 12.2. The van der Waals surface area contributed by atoms with Gasteiger partial charge in [0.15, 0.2) is 23.3 Å². The Labute approximate surface area is 199 Å². The van der Waals surface area contributed by atoms with Gasteiger partial charge in [0.25, 0.3) is 0 Å². The van der Waals surface area contributed by atoms with E-state index < -0.39 is 58.5 Å². The van der Waals surface area contributed by atoms with Gasteiger partial charge in [-0.25, -0.2) is 28.6 Å². The Morgan fingerprint density at radius 1 is 1.17 bits per heavy atom. The summed E-state index contributed by atoms with van der Waals surface area (Å²) < 4.78 is 53.0. The number of anilines is 1. The molecule has 3 heterocycles. The number of alkyl halides is 1. The van der Waals surface area contributed by atoms with Crippen molar-refractivity contribution in [2.45, 2.75) is 28.4 Å². The summed E-state index contributed by atoms with van der Waals surface area (Å²) in [6.07, 6.45) is 5.99. The van der Waals surface area contributed by atoms with Crippen LogP contribution in [0.5, 0.6) is 0 Å². The Kier molecular flexibility index (Phi) is 6.06. The van der Waals surface area contributed by atoms with E-state index in [0.717, 1.165) is 17.2 Å². The SMILES string of the molecule is C#C[C@]1(O)[C@H](n2cnc3c(N)ncnc32)O[C@@]2(COP(=O)(O)OP(=O)(O)OP(=O)(O)O)C(Cl)[C@@]21O. The first kappa shape index (κ1) is 26.6. The number of imidazole rings is 1. The number of nitrogen functional groups attached to an aromatic ring is 1. The highest BCUT2D eigenvalue weighted by molar-refractivity contribution is 7.66. The summed E-state index contributed by atoms with van der Waals surface area (Å²) in [6.45, 7) is -1.18. The maximum Gasteiger partial charge on any atom is 0.490 e. The predicted molar refractivity (Wildman–Crippen MR) is 111 cm³/mol. The van der Waals surface area contributed by atoms with Crippen LogP contribution in [-0.2, 0) is 31.6 Å². The van der Waals surface area contributed by atoms with Crippen molar-refractivity contribution in [2.75, 3.05) is 12.3 Å². The molecule has 1 saturated heterocycles. The molecular formula is C13H15ClN5O13P3. The fourth-order valence-electron chi connectivity index (χ4n) is 3.76. The Hall–Kier alpha value is -1.51. The number of ether oxygens (including phenoxy) is 1. The molecule has 3 unspecified atom stereocenters. The van der Waals surface area contributed by atoms with E-state index in [-0.39, 0.29) is 17.0 Å². The highest BCUT2D eigenvalue weighted by Crippen LogP contribution is 2.72. The average molecular weight is 578 g/mol. The van der Waals surface area contributed by atoms with Crippen molar-refractivity contribution in [1.29, 1.82) is 0 Å². The van der Waals surface area contributed by atoms with Gasteiger partial charge in [-0.05, 0) is 0 Å². The van der Waals surface area contributed by atoms with Crippen molar-refractivity contribution in [2.24, 2.45) is 0 Å². The molecule has 2 aromatic heterocycles. The van der Waals surface area contributed by atoms with Crippen LogP contribution < -0.4 is 5.73 Å². The number of aliphatic hydroxyl groups is 2. The zero-order valence-electron chi connectivity index (χ0n) is 16.7. The molecule has 2 aliphatic rings. The van der Waals surface area contributed by atoms with E-state index in [1.165, 1.54) is 0 Å². The number of nitrogens with two attached hydrogens (primary N) is 1. The number of fused-ring (bicyclic) bond motifs is 2. The summed E-state index contributed by atoms with van der Waals surface area (Å²) in [7, 11) is -17.0. The molecule has 0 bridgehead atoms. The molecule has 0 amide bonds. The van der Waals surface area contributed by atoms with Crippen molar-refractivity contribution in [3.8, 4) is 12.3 Å². The van der Waals surface area contributed by atoms with Crippen LogP contribution >= 0.6 is 35.1 Å². The van der Waals surface area contributed by atoms with Gasteiger partial charge >= 0.3 is 23.5 Å². The average Bonchev–Trinajstić information content (AvgIpc) is 3.00. The van der Waals surface area contributed by atoms with Gasteiger partial charge in [-0.15, -0.1) is 18.0 Å². The summed E-state index contributed by atoms with van der Waals surface area (Å²) in [6, 6.07) is 0. The second-order valence-electron chi connectivity index (χ2n) is 7.35. The molecule has 4 rings (SSSR count). The van der Waals surface area contributed by atoms with E-state index in [2.05, 4.69) is 28.1 Å². The second kappa shape index (κ2) is 7.99. The molecular weight excluding hydrogens is 563 g/mol. The topological polar surface area (TPSA) is 279 Å². The van der Waals surface area contributed by atoms with Gasteiger partial charge in [-0.2, -0.15) is 8.62 Å². The van der Waals surface area contributed by atoms with Crippen LogP contribution in [0, 0.1) is 12.3 Å². The molecule has 35 heavy (non-hydrogen) atoms. The molecule has 1 saturated carbocycles. The molecule has 2 aromatic rings. The van der Waals surface area contributed by atoms with Gasteiger partial charge in [0.1, 0.15) is 22.8 Å². The maximum atomic E-state index is 12.1. The summed E-state index contributed by atoms with van der Waals surface area (Å²) in [4.78, 5) is 47.9. The summed E-state index contributed by atoms with van der Waals surface area (Å²) in [5.41, 5.74) is -1.47. The third kappa shape index (κ3) is 4.04. The summed E-state index contributed by atoms with van der Waals surface area (Å²) >= 11 is 6.11. The Morgan fingerprint density at radius 2 is 1.83 bits per heavy atom. The number of aromatic nitrogens is 4. The monoisotopic (exact) mass is 577 g/mol. The fourth-order valence-corrected chi connectivity index (χ4v) is 7.38. The zero-order valence-corrected chi connectivity index (χ0v) is 20.2. The Bertz CT molecular complexity index is 1390. The Morgan fingerprint density at radius 3 is 2.43 bits per heavy atom. The van der Waals surface area contributed by atoms with E-state index in [0.29, 0.717) is 0 Å². The first-order valence-electron chi connectivity index (χ1n) is 8.89. The third-order valence-electron chi connectivity index (χ3n) is 5.32. The van der Waals surface area contributed by atoms with Gasteiger partial charge in [-0.1, -0.05) is 5.92 Å². The highest BCUT2D eigenvalue weighted by atomic mass is 35.5. The number of phosphoric acid groups is 3. The lowest BCUT2D eigenvalue weighted by molar-refractivity contribution is -0.118. The number of halogens is 1. The van der Waals surface area contributed by atoms with E-state index in [1.807, 2.05) is 5.92 Å². The minimum absolute atomic E-state index is 0.0234. The number of phosphoric ester groups is 1. The van der Waals surface area contributed by atoms with Gasteiger partial charge in [0, 0.05) is 0 Å². The molecule has 18 nitrogen and oxygen atoms in total. The predicted octanol–water partition coefficient (Wildman–Crippen LogP) is -1.26. The largest absolute Gasteiger partial charge is 0.490 e. The van der Waals surface area contributed by atoms with Crippen LogP contribution in [0.1, 0.15) is 6.23 Å². The molecule has 1 aliphatic carbocycles. The van der Waals surface area contributed by atoms with Crippen molar-refractivity contribution in [3.05, 3.63) is 12.7 Å². The molecule has 2 fully saturated rings. The molecule has 192 valence electrons. The van der Waals surface area contributed by atoms with E-state index in [1.54, 1.807) is 0 Å². The number of rotatable bonds is 8. The molecule has 0 radical (unpaired) electrons. The Balaban J connectivity index is 1.62. The molecule has 22 heteroatoms. The van der Waals surface area contributed by atoms with E-state index >= 15 is 0 Å². The lowest BCUT2D eigenvalue weighted by atomic mass is 9.92. The molecule has 0 spiro atoms. The van der Waals surface area contributed by atoms with Gasteiger partial charge < -0.3 is 40.3 Å². The van der Waals surface area contributed by atoms with E-state index in [4.69, 9.17) is 38.3 Å². The van der Waals surface area contributed by atoms with Crippen LogP contribution in [-0.4, -0.2) is 78.1 Å². The van der Waals surface area contributed by atoms with Gasteiger partial charge in [-0.3, -0.25) is 9.09 Å². The first-order chi connectivity index (χ1) is 15.9. The maximum absolute atomic E-state index is 12.1. The molecule has 1 aliphatic heterocycles. The number of hydrogen-bond acceptors (Lipinski definition) is 13. The lowest BCUT2D eigenvalue weighted by Crippen LogP contribution is -2.49. The molecule has 8 N–H and O–H groups in total. The van der Waals surface area contributed by atoms with Crippen LogP contribution in [0.25, 0.3) is 11.2 Å². The van der Waals surface area contributed by atoms with Crippen molar-refractivity contribution in [3.63, 3.8) is 0 Å². The normalized spacial score (nSPS) is 35.7. The standard InChI is InChI=1S/C13H15ClN5O13P3/c1-2-11(20)10(19-5-18-6-7(15)16-4-17-8(6)19)30-12(9(14)13(11,12)21)3-29-34(25,26)32-35(27,28)31-33(22,23)24/h1,4-5,9-10,20-21H,3H2,(H,25,26)(H,27,28)(H2,15,16,17)(H2,22,23,24)/t9?,10-,11+,12+,13+/m1/s1. The minimum Gasteiger partial charge on any atom is -0.382 e. The number of hydrogen-bond donors (Lipinski definition) is 7. The lowest BCUT2D eigenvalue weighted by Gasteiger charge is -2.30. The first-order valence-corrected chi connectivity index (χ1v) is 13.8. The van der Waals surface area contributed by atoms with Crippen molar-refractivity contribution in [1.82, 2.24) is 19.5 Å². The summed E-state index contributed by atoms with van der Waals surface area (Å²) in [5, 5.41) is 20.8. The van der Waals surface area contributed by atoms with Gasteiger partial charge in [0.2, 0.25) is 5.60 Å². The third-order valence-corrected chi connectivity index (χ3v) is 9.77. The minimum atomic E-state index is -5.81. The summed E-state index contributed by atoms with van der Waals surface area (Å²) in [5.74, 6) is 1.94. The molecule has 0 aromatic carbocycles. The quantitative estimate of drug-likeness (QED) is 0.109. The van der Waals surface area contributed by atoms with Gasteiger partial charge in [0.05, 0.1) is 12.9 Å². The fraction of sp³-hybridized carbons (Fsp3) is 0.462.